The molecule has 0 heterocycles. The molecule has 1 aromatic carbocycles. The van der Waals surface area contributed by atoms with Gasteiger partial charge in [-0.3, -0.25) is 4.79 Å². The van der Waals surface area contributed by atoms with Gasteiger partial charge in [-0.2, -0.15) is 0 Å². The number of hydrogen-bond donors (Lipinski definition) is 1. The third-order valence-corrected chi connectivity index (χ3v) is 2.55. The summed E-state index contributed by atoms with van der Waals surface area (Å²) in [5, 5.41) is 9.04. The Morgan fingerprint density at radius 2 is 2.29 bits per heavy atom. The first kappa shape index (κ1) is 11.6. The fourth-order valence-electron chi connectivity index (χ4n) is 0.841. The normalized spacial score (nSPS) is 9.86. The quantitative estimate of drug-likeness (QED) is 0.866. The van der Waals surface area contributed by atoms with Gasteiger partial charge in [0, 0.05) is 5.02 Å². The van der Waals surface area contributed by atoms with Crippen LogP contribution < -0.4 is 4.74 Å². The minimum atomic E-state index is -0.867. The molecule has 0 fully saturated rings. The van der Waals surface area contributed by atoms with Gasteiger partial charge in [0.25, 0.3) is 0 Å². The Labute approximate surface area is 100 Å². The molecule has 0 spiro atoms. The smallest absolute Gasteiger partial charge is 0.306 e. The first-order valence-electron chi connectivity index (χ1n) is 3.89. The highest BCUT2D eigenvalue weighted by molar-refractivity contribution is 14.1. The zero-order valence-electron chi connectivity index (χ0n) is 7.17. The summed E-state index contributed by atoms with van der Waals surface area (Å²) >= 11 is 7.83. The Bertz CT molecular complexity index is 341. The molecule has 1 N–H and O–H groups in total. The van der Waals surface area contributed by atoms with Crippen LogP contribution in [0.4, 0.5) is 0 Å². The van der Waals surface area contributed by atoms with Crippen molar-refractivity contribution in [3.8, 4) is 5.75 Å². The summed E-state index contributed by atoms with van der Waals surface area (Å²) in [6.45, 7) is 0.174. The maximum absolute atomic E-state index is 10.2. The molecule has 0 saturated heterocycles. The van der Waals surface area contributed by atoms with Gasteiger partial charge in [-0.15, -0.1) is 0 Å². The van der Waals surface area contributed by atoms with E-state index < -0.39 is 5.97 Å². The Kier molecular flexibility index (Phi) is 4.47. The number of carboxylic acids is 1. The third kappa shape index (κ3) is 3.71. The summed E-state index contributed by atoms with van der Waals surface area (Å²) in [6.07, 6.45) is -0.00128. The number of carbonyl (C=O) groups is 1. The summed E-state index contributed by atoms with van der Waals surface area (Å²) in [5.74, 6) is -0.203. The first-order chi connectivity index (χ1) is 6.59. The van der Waals surface area contributed by atoms with E-state index in [1.165, 1.54) is 0 Å². The van der Waals surface area contributed by atoms with Gasteiger partial charge in [0.2, 0.25) is 0 Å². The van der Waals surface area contributed by atoms with Gasteiger partial charge in [0.05, 0.1) is 16.6 Å². The standard InChI is InChI=1S/C9H8ClIO3/c10-6-1-2-8(7(11)5-6)14-4-3-9(12)13/h1-2,5H,3-4H2,(H,12,13). The minimum Gasteiger partial charge on any atom is -0.492 e. The average molecular weight is 327 g/mol. The molecule has 14 heavy (non-hydrogen) atoms. The Morgan fingerprint density at radius 3 is 2.86 bits per heavy atom. The molecule has 1 rings (SSSR count). The molecule has 0 atom stereocenters. The number of halogens is 2. The number of aliphatic carboxylic acids is 1. The van der Waals surface area contributed by atoms with Gasteiger partial charge in [-0.1, -0.05) is 11.6 Å². The summed E-state index contributed by atoms with van der Waals surface area (Å²) in [7, 11) is 0. The summed E-state index contributed by atoms with van der Waals surface area (Å²) in [5.41, 5.74) is 0. The summed E-state index contributed by atoms with van der Waals surface area (Å²) in [4.78, 5) is 10.2. The molecule has 0 aromatic heterocycles. The maximum Gasteiger partial charge on any atom is 0.306 e. The van der Waals surface area contributed by atoms with Crippen LogP contribution in [0.15, 0.2) is 18.2 Å². The van der Waals surface area contributed by atoms with Crippen molar-refractivity contribution < 1.29 is 14.6 Å². The topological polar surface area (TPSA) is 46.5 Å². The number of benzene rings is 1. The lowest BCUT2D eigenvalue weighted by atomic mass is 10.3. The molecular formula is C9H8ClIO3. The Balaban J connectivity index is 2.55. The van der Waals surface area contributed by atoms with Crippen molar-refractivity contribution in [2.75, 3.05) is 6.61 Å². The molecule has 0 saturated carbocycles. The molecular weight excluding hydrogens is 318 g/mol. The molecule has 0 bridgehead atoms. The van der Waals surface area contributed by atoms with E-state index >= 15 is 0 Å². The van der Waals surface area contributed by atoms with E-state index in [9.17, 15) is 4.79 Å². The van der Waals surface area contributed by atoms with Crippen molar-refractivity contribution in [2.24, 2.45) is 0 Å². The minimum absolute atomic E-state index is 0.00128. The molecule has 0 radical (unpaired) electrons. The Morgan fingerprint density at radius 1 is 1.57 bits per heavy atom. The molecule has 1 aromatic rings. The van der Waals surface area contributed by atoms with Gasteiger partial charge in [-0.05, 0) is 40.8 Å². The number of carboxylic acid groups (broad SMARTS) is 1. The highest BCUT2D eigenvalue weighted by Gasteiger charge is 2.02. The van der Waals surface area contributed by atoms with Crippen molar-refractivity contribution >= 4 is 40.2 Å². The lowest BCUT2D eigenvalue weighted by molar-refractivity contribution is -0.137. The van der Waals surface area contributed by atoms with Crippen LogP contribution in [-0.4, -0.2) is 17.7 Å². The molecule has 0 amide bonds. The van der Waals surface area contributed by atoms with E-state index in [2.05, 4.69) is 22.6 Å². The monoisotopic (exact) mass is 326 g/mol. The summed E-state index contributed by atoms with van der Waals surface area (Å²) < 4.78 is 6.13. The predicted octanol–water partition coefficient (Wildman–Crippen LogP) is 2.80. The van der Waals surface area contributed by atoms with Crippen molar-refractivity contribution in [2.45, 2.75) is 6.42 Å². The highest BCUT2D eigenvalue weighted by Crippen LogP contribution is 2.24. The van der Waals surface area contributed by atoms with Gasteiger partial charge in [0.1, 0.15) is 5.75 Å². The van der Waals surface area contributed by atoms with Crippen molar-refractivity contribution in [1.82, 2.24) is 0 Å². The zero-order valence-corrected chi connectivity index (χ0v) is 10.1. The van der Waals surface area contributed by atoms with Gasteiger partial charge in [0.15, 0.2) is 0 Å². The van der Waals surface area contributed by atoms with Crippen molar-refractivity contribution in [3.05, 3.63) is 26.8 Å². The second-order valence-corrected chi connectivity index (χ2v) is 4.17. The number of hydrogen-bond acceptors (Lipinski definition) is 2. The predicted molar refractivity (Wildman–Crippen MR) is 61.9 cm³/mol. The van der Waals surface area contributed by atoms with Crippen LogP contribution in [0.5, 0.6) is 5.75 Å². The van der Waals surface area contributed by atoms with Crippen LogP contribution in [0.1, 0.15) is 6.42 Å². The number of rotatable bonds is 4. The third-order valence-electron chi connectivity index (χ3n) is 1.47. The number of ether oxygens (including phenoxy) is 1. The lowest BCUT2D eigenvalue weighted by Gasteiger charge is -2.06. The molecule has 0 unspecified atom stereocenters. The van der Waals surface area contributed by atoms with Gasteiger partial charge >= 0.3 is 5.97 Å². The Hall–Kier alpha value is -0.490. The van der Waals surface area contributed by atoms with Crippen LogP contribution in [0.2, 0.25) is 5.02 Å². The van der Waals surface area contributed by atoms with Crippen molar-refractivity contribution in [1.29, 1.82) is 0 Å². The van der Waals surface area contributed by atoms with Gasteiger partial charge < -0.3 is 9.84 Å². The molecule has 0 aliphatic carbocycles. The molecule has 76 valence electrons. The van der Waals surface area contributed by atoms with E-state index in [1.807, 2.05) is 0 Å². The fraction of sp³-hybridized carbons (Fsp3) is 0.222. The largest absolute Gasteiger partial charge is 0.492 e. The first-order valence-corrected chi connectivity index (χ1v) is 5.35. The van der Waals surface area contributed by atoms with E-state index in [0.29, 0.717) is 10.8 Å². The molecule has 0 aliphatic heterocycles. The van der Waals surface area contributed by atoms with Crippen LogP contribution in [0, 0.1) is 3.57 Å². The molecule has 0 aliphatic rings. The van der Waals surface area contributed by atoms with Gasteiger partial charge in [-0.25, -0.2) is 0 Å². The second-order valence-electron chi connectivity index (χ2n) is 2.57. The van der Waals surface area contributed by atoms with Crippen LogP contribution in [0.3, 0.4) is 0 Å². The van der Waals surface area contributed by atoms with Crippen LogP contribution >= 0.6 is 34.2 Å². The van der Waals surface area contributed by atoms with E-state index in [0.717, 1.165) is 3.57 Å². The zero-order chi connectivity index (χ0) is 10.6. The van der Waals surface area contributed by atoms with Crippen LogP contribution in [-0.2, 0) is 4.79 Å². The average Bonchev–Trinajstić information content (AvgIpc) is 2.08. The molecule has 3 nitrogen and oxygen atoms in total. The van der Waals surface area contributed by atoms with Crippen LogP contribution in [0.25, 0.3) is 0 Å². The highest BCUT2D eigenvalue weighted by atomic mass is 127. The maximum atomic E-state index is 10.2. The van der Waals surface area contributed by atoms with E-state index in [4.69, 9.17) is 21.4 Å². The van der Waals surface area contributed by atoms with E-state index in [1.54, 1.807) is 18.2 Å². The second kappa shape index (κ2) is 5.41. The van der Waals surface area contributed by atoms with Crippen molar-refractivity contribution in [3.63, 3.8) is 0 Å². The SMILES string of the molecule is O=C(O)CCOc1ccc(Cl)cc1I. The lowest BCUT2D eigenvalue weighted by Crippen LogP contribution is -2.05. The summed E-state index contributed by atoms with van der Waals surface area (Å²) in [6, 6.07) is 5.20. The molecule has 5 heteroatoms. The fourth-order valence-corrected chi connectivity index (χ4v) is 1.87. The van der Waals surface area contributed by atoms with E-state index in [-0.39, 0.29) is 13.0 Å².